The Morgan fingerprint density at radius 1 is 0.780 bits per heavy atom. The topological polar surface area (TPSA) is 250 Å². The second kappa shape index (κ2) is 16.8. The third kappa shape index (κ3) is 7.55. The number of Topliss-reactive ketones (excluding diaryl/α,β-unsaturated/α-hetero) is 1. The molecule has 8 rings (SSSR count). The Morgan fingerprint density at radius 3 is 2.17 bits per heavy atom. The van der Waals surface area contributed by atoms with Crippen molar-refractivity contribution in [1.29, 1.82) is 0 Å². The van der Waals surface area contributed by atoms with E-state index in [1.54, 1.807) is 13.0 Å². The molecule has 4 saturated carbocycles. The highest BCUT2D eigenvalue weighted by Crippen LogP contribution is 2.70. The van der Waals surface area contributed by atoms with E-state index in [2.05, 4.69) is 13.8 Å². The van der Waals surface area contributed by atoms with Gasteiger partial charge in [-0.3, -0.25) is 4.79 Å². The summed E-state index contributed by atoms with van der Waals surface area (Å²) in [6.45, 7) is 5.49. The van der Waals surface area contributed by atoms with Crippen LogP contribution in [-0.4, -0.2) is 167 Å². The number of hydrogen-bond donors (Lipinski definition) is 7. The normalized spacial score (nSPS) is 52.6. The van der Waals surface area contributed by atoms with Crippen molar-refractivity contribution in [3.05, 3.63) is 11.6 Å². The van der Waals surface area contributed by atoms with Gasteiger partial charge in [-0.2, -0.15) is 0 Å². The summed E-state index contributed by atoms with van der Waals surface area (Å²) in [6.07, 6.45) is -7.97. The maximum atomic E-state index is 14.6. The summed E-state index contributed by atoms with van der Waals surface area (Å²) in [5.41, 5.74) is 0.201. The lowest BCUT2D eigenvalue weighted by molar-refractivity contribution is -0.355. The molecule has 59 heavy (non-hydrogen) atoms. The van der Waals surface area contributed by atoms with Crippen LogP contribution in [0.15, 0.2) is 11.6 Å². The number of aliphatic hydroxyl groups is 7. The van der Waals surface area contributed by atoms with Crippen LogP contribution in [0.1, 0.15) is 85.0 Å². The van der Waals surface area contributed by atoms with E-state index in [0.717, 1.165) is 63.4 Å². The first kappa shape index (κ1) is 43.9. The van der Waals surface area contributed by atoms with E-state index in [9.17, 15) is 45.3 Å². The molecule has 0 aromatic heterocycles. The minimum absolute atomic E-state index is 0.0130. The van der Waals surface area contributed by atoms with Gasteiger partial charge in [0.05, 0.1) is 31.5 Å². The fraction of sp³-hybridized carbons (Fsp3) is 0.905. The molecule has 0 amide bonds. The average Bonchev–Trinajstić information content (AvgIpc) is 3.64. The zero-order valence-electron chi connectivity index (χ0n) is 34.4. The number of esters is 1. The zero-order chi connectivity index (χ0) is 42.2. The second-order valence-electron chi connectivity index (χ2n) is 19.1. The molecule has 17 heteroatoms. The van der Waals surface area contributed by atoms with Crippen molar-refractivity contribution >= 4 is 11.8 Å². The quantitative estimate of drug-likeness (QED) is 0.113. The lowest BCUT2D eigenvalue weighted by Crippen LogP contribution is -2.64. The molecule has 8 aliphatic rings. The van der Waals surface area contributed by atoms with Gasteiger partial charge in [0.25, 0.3) is 0 Å². The summed E-state index contributed by atoms with van der Waals surface area (Å²) >= 11 is 0. The number of ketones is 1. The molecule has 21 atom stereocenters. The Hall–Kier alpha value is -1.68. The summed E-state index contributed by atoms with van der Waals surface area (Å²) in [6, 6.07) is 0. The standard InChI is InChI=1S/C42H64O17/c1-19-36(59-38-35(50)33(48)31(46)26(58-38)18-54-37-34(49)32(47)30(45)25(16-43)57-37)24(52-4)15-29(55-19)56-22-6-9-40(2)21(14-22)5-11-42-12-7-23(20-13-28(44)53-17-20)41(3,39(42)51)10-8-27(40)42/h13,19,21-27,29-38,43,45-50H,5-12,14-18H2,1-4H3/t19-,21-,22-,23+,24-,25-,26-,27+,29+,30-,31-,32+,33+,34-,35-,36+,37-,38+,40-,41-,42-/m1/s1. The first-order chi connectivity index (χ1) is 28.0. The number of rotatable bonds is 10. The number of ether oxygens (including phenoxy) is 8. The van der Waals surface area contributed by atoms with Crippen LogP contribution in [0.4, 0.5) is 0 Å². The fourth-order valence-electron chi connectivity index (χ4n) is 12.7. The van der Waals surface area contributed by atoms with Crippen LogP contribution in [0.3, 0.4) is 0 Å². The maximum Gasteiger partial charge on any atom is 0.331 e. The molecular weight excluding hydrogens is 776 g/mol. The van der Waals surface area contributed by atoms with Crippen molar-refractivity contribution in [2.75, 3.05) is 26.9 Å². The van der Waals surface area contributed by atoms with E-state index in [1.165, 1.54) is 7.11 Å². The molecule has 0 aromatic rings. The van der Waals surface area contributed by atoms with E-state index in [1.807, 2.05) is 0 Å². The zero-order valence-corrected chi connectivity index (χ0v) is 34.4. The Balaban J connectivity index is 0.863. The van der Waals surface area contributed by atoms with Crippen LogP contribution < -0.4 is 0 Å². The number of methoxy groups -OCH3 is 1. The number of hydrogen-bond acceptors (Lipinski definition) is 17. The van der Waals surface area contributed by atoms with Crippen molar-refractivity contribution in [2.24, 2.45) is 34.0 Å². The van der Waals surface area contributed by atoms with E-state index in [0.29, 0.717) is 30.6 Å². The fourth-order valence-corrected chi connectivity index (χ4v) is 12.7. The Morgan fingerprint density at radius 2 is 1.47 bits per heavy atom. The van der Waals surface area contributed by atoms with Crippen molar-refractivity contribution in [3.8, 4) is 0 Å². The van der Waals surface area contributed by atoms with Gasteiger partial charge in [-0.1, -0.05) is 13.8 Å². The van der Waals surface area contributed by atoms with Gasteiger partial charge in [-0.15, -0.1) is 0 Å². The first-order valence-electron chi connectivity index (χ1n) is 21.6. The van der Waals surface area contributed by atoms with E-state index < -0.39 is 105 Å². The monoisotopic (exact) mass is 840 g/mol. The molecule has 1 spiro atoms. The Kier molecular flexibility index (Phi) is 12.5. The van der Waals surface area contributed by atoms with Crippen LogP contribution in [0, 0.1) is 34.0 Å². The molecule has 0 unspecified atom stereocenters. The minimum Gasteiger partial charge on any atom is -0.458 e. The second-order valence-corrected chi connectivity index (χ2v) is 19.1. The van der Waals surface area contributed by atoms with Crippen molar-refractivity contribution in [3.63, 3.8) is 0 Å². The summed E-state index contributed by atoms with van der Waals surface area (Å²) in [4.78, 5) is 26.6. The molecule has 0 aromatic carbocycles. The van der Waals surface area contributed by atoms with Crippen LogP contribution in [0.25, 0.3) is 0 Å². The lowest BCUT2D eigenvalue weighted by Gasteiger charge is -2.66. The molecule has 0 radical (unpaired) electrons. The molecule has 2 bridgehead atoms. The van der Waals surface area contributed by atoms with Crippen LogP contribution in [0.2, 0.25) is 0 Å². The number of fused-ring (bicyclic) bond motifs is 3. The smallest absolute Gasteiger partial charge is 0.331 e. The SMILES string of the molecule is CO[C@@H]1C[C@H](O[C@@H]2CC[C@]3(C)[C@H](CC[C@@]45CC[C@@H](C6=CC(=O)OC6)[C@@](C)(CC[C@H]43)C5=O)C2)O[C@H](C)[C@@H]1O[C@@H]1O[C@H](CO[C@@H]2O[C@H](CO)[C@@H](O)[C@H](O)[C@H]2O)[C@@H](O)[C@H](O)[C@H]1O. The predicted octanol–water partition coefficient (Wildman–Crippen LogP) is -0.00400. The van der Waals surface area contributed by atoms with Gasteiger partial charge >= 0.3 is 5.97 Å². The van der Waals surface area contributed by atoms with Gasteiger partial charge in [0.2, 0.25) is 0 Å². The molecule has 4 heterocycles. The summed E-state index contributed by atoms with van der Waals surface area (Å²) < 4.78 is 47.2. The molecule has 4 aliphatic heterocycles. The molecule has 334 valence electrons. The summed E-state index contributed by atoms with van der Waals surface area (Å²) in [5.74, 6) is 0.866. The highest BCUT2D eigenvalue weighted by molar-refractivity contribution is 5.93. The van der Waals surface area contributed by atoms with Gasteiger partial charge in [0.15, 0.2) is 18.9 Å². The Bertz CT molecular complexity index is 1580. The van der Waals surface area contributed by atoms with E-state index in [-0.39, 0.29) is 28.8 Å². The van der Waals surface area contributed by atoms with Gasteiger partial charge < -0.3 is 73.6 Å². The van der Waals surface area contributed by atoms with Crippen molar-refractivity contribution in [1.82, 2.24) is 0 Å². The molecule has 4 aliphatic carbocycles. The van der Waals surface area contributed by atoms with E-state index >= 15 is 0 Å². The van der Waals surface area contributed by atoms with Gasteiger partial charge in [-0.05, 0) is 93.5 Å². The molecule has 7 fully saturated rings. The van der Waals surface area contributed by atoms with Crippen LogP contribution in [0.5, 0.6) is 0 Å². The minimum atomic E-state index is -1.71. The average molecular weight is 841 g/mol. The molecular formula is C42H64O17. The number of cyclic esters (lactones) is 1. The summed E-state index contributed by atoms with van der Waals surface area (Å²) in [5, 5.41) is 72.4. The van der Waals surface area contributed by atoms with Gasteiger partial charge in [-0.25, -0.2) is 4.79 Å². The van der Waals surface area contributed by atoms with Crippen LogP contribution in [-0.2, 0) is 47.5 Å². The van der Waals surface area contributed by atoms with Gasteiger partial charge in [0, 0.05) is 30.4 Å². The number of carbonyl (C=O) groups is 2. The third-order valence-corrected chi connectivity index (χ3v) is 16.1. The molecule has 3 saturated heterocycles. The van der Waals surface area contributed by atoms with Crippen molar-refractivity contribution < 1.29 is 83.2 Å². The number of aliphatic hydroxyl groups excluding tert-OH is 7. The predicted molar refractivity (Wildman–Crippen MR) is 201 cm³/mol. The number of carbonyl (C=O) groups excluding carboxylic acids is 2. The highest BCUT2D eigenvalue weighted by atomic mass is 16.8. The molecule has 17 nitrogen and oxygen atoms in total. The van der Waals surface area contributed by atoms with Crippen LogP contribution >= 0.6 is 0 Å². The lowest BCUT2D eigenvalue weighted by atomic mass is 9.37. The third-order valence-electron chi connectivity index (χ3n) is 16.1. The first-order valence-corrected chi connectivity index (χ1v) is 21.6. The summed E-state index contributed by atoms with van der Waals surface area (Å²) in [7, 11) is 1.54. The molecule has 7 N–H and O–H groups in total. The van der Waals surface area contributed by atoms with E-state index in [4.69, 9.17) is 37.9 Å². The Labute approximate surface area is 344 Å². The maximum absolute atomic E-state index is 14.6. The van der Waals surface area contributed by atoms with Crippen molar-refractivity contribution in [2.45, 2.75) is 177 Å². The highest BCUT2D eigenvalue weighted by Gasteiger charge is 2.68. The van der Waals surface area contributed by atoms with Gasteiger partial charge in [0.1, 0.15) is 67.3 Å². The largest absolute Gasteiger partial charge is 0.458 e.